The molecule has 1 atom stereocenters. The molecular formula is C28H21FN2O3S. The van der Waals surface area contributed by atoms with Gasteiger partial charge in [0.05, 0.1) is 23.4 Å². The molecule has 2 heterocycles. The van der Waals surface area contributed by atoms with Gasteiger partial charge in [0, 0.05) is 5.56 Å². The fourth-order valence-electron chi connectivity index (χ4n) is 4.90. The van der Waals surface area contributed by atoms with Gasteiger partial charge in [-0.25, -0.2) is 9.38 Å². The summed E-state index contributed by atoms with van der Waals surface area (Å²) in [5, 5.41) is 9.92. The number of nitrogens with zero attached hydrogens (tertiary/aromatic N) is 2. The molecule has 0 saturated heterocycles. The lowest BCUT2D eigenvalue weighted by atomic mass is 9.83. The van der Waals surface area contributed by atoms with Crippen molar-refractivity contribution in [1.82, 2.24) is 4.57 Å². The molecule has 0 amide bonds. The van der Waals surface area contributed by atoms with Gasteiger partial charge >= 0.3 is 0 Å². The number of rotatable bonds is 3. The van der Waals surface area contributed by atoms with Gasteiger partial charge in [-0.1, -0.05) is 53.8 Å². The van der Waals surface area contributed by atoms with Gasteiger partial charge in [0.1, 0.15) is 5.82 Å². The molecule has 2 aliphatic rings. The number of allylic oxidation sites excluding steroid dienone is 1. The van der Waals surface area contributed by atoms with Crippen LogP contribution in [0.1, 0.15) is 34.7 Å². The van der Waals surface area contributed by atoms with E-state index in [0.717, 1.165) is 40.8 Å². The zero-order chi connectivity index (χ0) is 24.1. The number of benzene rings is 3. The van der Waals surface area contributed by atoms with Crippen LogP contribution in [-0.2, 0) is 6.42 Å². The Balaban J connectivity index is 1.60. The fourth-order valence-corrected chi connectivity index (χ4v) is 5.90. The first-order valence-corrected chi connectivity index (χ1v) is 12.1. The van der Waals surface area contributed by atoms with Gasteiger partial charge < -0.3 is 9.84 Å². The fraction of sp³-hybridized carbons (Fsp3) is 0.143. The Hall–Kier alpha value is -3.97. The predicted molar refractivity (Wildman–Crippen MR) is 134 cm³/mol. The lowest BCUT2D eigenvalue weighted by molar-refractivity contribution is 0.373. The first-order chi connectivity index (χ1) is 17.0. The molecule has 6 rings (SSSR count). The van der Waals surface area contributed by atoms with Crippen molar-refractivity contribution < 1.29 is 14.2 Å². The molecule has 1 aliphatic carbocycles. The zero-order valence-electron chi connectivity index (χ0n) is 18.9. The lowest BCUT2D eigenvalue weighted by Gasteiger charge is -2.30. The minimum absolute atomic E-state index is 0.0359. The van der Waals surface area contributed by atoms with E-state index in [2.05, 4.69) is 12.1 Å². The van der Waals surface area contributed by atoms with Gasteiger partial charge in [-0.2, -0.15) is 0 Å². The second kappa shape index (κ2) is 8.36. The minimum atomic E-state index is -0.355. The molecule has 1 N–H and O–H groups in total. The third kappa shape index (κ3) is 3.59. The quantitative estimate of drug-likeness (QED) is 0.475. The number of phenols is 1. The summed E-state index contributed by atoms with van der Waals surface area (Å²) in [6.45, 7) is 0. The van der Waals surface area contributed by atoms with Crippen LogP contribution >= 0.6 is 11.3 Å². The van der Waals surface area contributed by atoms with Crippen LogP contribution in [0.2, 0.25) is 0 Å². The molecule has 1 aromatic heterocycles. The van der Waals surface area contributed by atoms with Crippen LogP contribution in [0, 0.1) is 5.82 Å². The average molecular weight is 485 g/mol. The summed E-state index contributed by atoms with van der Waals surface area (Å²) >= 11 is 1.32. The van der Waals surface area contributed by atoms with Crippen LogP contribution in [0.15, 0.2) is 82.1 Å². The number of halogens is 1. The molecule has 7 heteroatoms. The molecule has 35 heavy (non-hydrogen) atoms. The van der Waals surface area contributed by atoms with Gasteiger partial charge in [0.15, 0.2) is 16.3 Å². The number of phenolic OH excluding ortho intramolecular Hbond substituents is 1. The topological polar surface area (TPSA) is 63.8 Å². The van der Waals surface area contributed by atoms with Crippen molar-refractivity contribution in [3.8, 4) is 11.5 Å². The van der Waals surface area contributed by atoms with E-state index in [1.165, 1.54) is 36.1 Å². The van der Waals surface area contributed by atoms with Crippen LogP contribution in [-0.4, -0.2) is 16.8 Å². The molecular weight excluding hydrogens is 463 g/mol. The first kappa shape index (κ1) is 21.6. The van der Waals surface area contributed by atoms with Crippen LogP contribution in [0.4, 0.5) is 4.39 Å². The zero-order valence-corrected chi connectivity index (χ0v) is 19.7. The predicted octanol–water partition coefficient (Wildman–Crippen LogP) is 4.17. The van der Waals surface area contributed by atoms with Crippen molar-refractivity contribution in [1.29, 1.82) is 0 Å². The molecule has 0 spiro atoms. The normalized spacial score (nSPS) is 16.9. The summed E-state index contributed by atoms with van der Waals surface area (Å²) in [6, 6.07) is 19.2. The van der Waals surface area contributed by atoms with E-state index >= 15 is 0 Å². The van der Waals surface area contributed by atoms with Crippen molar-refractivity contribution in [3.63, 3.8) is 0 Å². The largest absolute Gasteiger partial charge is 0.504 e. The monoisotopic (exact) mass is 484 g/mol. The van der Waals surface area contributed by atoms with Crippen molar-refractivity contribution in [3.05, 3.63) is 120 Å². The molecule has 174 valence electrons. The summed E-state index contributed by atoms with van der Waals surface area (Å²) < 4.78 is 21.2. The Bertz CT molecular complexity index is 1680. The molecule has 0 bridgehead atoms. The van der Waals surface area contributed by atoms with Gasteiger partial charge in [0.2, 0.25) is 0 Å². The maximum atomic E-state index is 13.8. The summed E-state index contributed by atoms with van der Waals surface area (Å²) in [5.74, 6) is 0.0576. The van der Waals surface area contributed by atoms with Crippen molar-refractivity contribution in [2.24, 2.45) is 4.99 Å². The van der Waals surface area contributed by atoms with E-state index in [0.29, 0.717) is 15.1 Å². The first-order valence-electron chi connectivity index (χ1n) is 11.3. The summed E-state index contributed by atoms with van der Waals surface area (Å²) in [4.78, 5) is 19.3. The number of hydrogen-bond acceptors (Lipinski definition) is 5. The Labute approximate surface area is 204 Å². The molecule has 1 aliphatic heterocycles. The molecule has 4 aromatic rings. The number of aryl methyl sites for hydroxylation is 1. The lowest BCUT2D eigenvalue weighted by Crippen LogP contribution is -2.38. The Morgan fingerprint density at radius 3 is 2.71 bits per heavy atom. The van der Waals surface area contributed by atoms with Gasteiger partial charge in [-0.15, -0.1) is 0 Å². The number of aromatic hydroxyl groups is 1. The van der Waals surface area contributed by atoms with Crippen LogP contribution in [0.25, 0.3) is 11.8 Å². The third-order valence-corrected chi connectivity index (χ3v) is 7.54. The maximum Gasteiger partial charge on any atom is 0.271 e. The number of fused-ring (bicyclic) bond motifs is 3. The van der Waals surface area contributed by atoms with E-state index < -0.39 is 0 Å². The van der Waals surface area contributed by atoms with E-state index in [-0.39, 0.29) is 23.2 Å². The van der Waals surface area contributed by atoms with Gasteiger partial charge in [0.25, 0.3) is 5.56 Å². The summed E-state index contributed by atoms with van der Waals surface area (Å²) in [7, 11) is 1.48. The van der Waals surface area contributed by atoms with Crippen LogP contribution < -0.4 is 19.6 Å². The average Bonchev–Trinajstić information content (AvgIpc) is 3.19. The van der Waals surface area contributed by atoms with Crippen molar-refractivity contribution in [2.45, 2.75) is 18.9 Å². The second-order valence-corrected chi connectivity index (χ2v) is 9.61. The summed E-state index contributed by atoms with van der Waals surface area (Å²) in [6.07, 6.45) is 3.42. The number of ether oxygens (including phenoxy) is 1. The molecule has 3 aromatic carbocycles. The highest BCUT2D eigenvalue weighted by Gasteiger charge is 2.32. The van der Waals surface area contributed by atoms with Gasteiger partial charge in [-0.05, 0) is 65.4 Å². The number of hydrogen-bond donors (Lipinski definition) is 1. The third-order valence-electron chi connectivity index (χ3n) is 6.56. The smallest absolute Gasteiger partial charge is 0.271 e. The SMILES string of the molecule is COc1cc(/C=c2\sc3n(c2=O)C(c2ccc(F)cc2)C2=C(N=3)c3ccccc3CC2)ccc1O. The highest BCUT2D eigenvalue weighted by Crippen LogP contribution is 2.41. The Morgan fingerprint density at radius 2 is 1.91 bits per heavy atom. The highest BCUT2D eigenvalue weighted by molar-refractivity contribution is 7.07. The Kier molecular flexibility index (Phi) is 5.15. The van der Waals surface area contributed by atoms with E-state index in [9.17, 15) is 14.3 Å². The standard InChI is InChI=1S/C28H21FN2O3S/c1-34-23-14-16(6-13-22(23)32)15-24-27(33)31-26(18-7-10-19(29)11-8-18)21-12-9-17-4-2-3-5-20(17)25(21)30-28(31)35-24/h2-8,10-11,13-15,26,32H,9,12H2,1H3/b24-15-. The number of thiazole rings is 1. The van der Waals surface area contributed by atoms with Crippen LogP contribution in [0.3, 0.4) is 0 Å². The van der Waals surface area contributed by atoms with Crippen molar-refractivity contribution >= 4 is 23.1 Å². The van der Waals surface area contributed by atoms with Crippen LogP contribution in [0.5, 0.6) is 11.5 Å². The number of methoxy groups -OCH3 is 1. The maximum absolute atomic E-state index is 13.8. The second-order valence-electron chi connectivity index (χ2n) is 8.60. The van der Waals surface area contributed by atoms with E-state index in [4.69, 9.17) is 9.73 Å². The molecule has 1 unspecified atom stereocenters. The molecule has 0 fully saturated rings. The highest BCUT2D eigenvalue weighted by atomic mass is 32.1. The molecule has 0 radical (unpaired) electrons. The van der Waals surface area contributed by atoms with Crippen molar-refractivity contribution in [2.75, 3.05) is 7.11 Å². The Morgan fingerprint density at radius 1 is 1.11 bits per heavy atom. The molecule has 5 nitrogen and oxygen atoms in total. The summed E-state index contributed by atoms with van der Waals surface area (Å²) in [5.41, 5.74) is 5.73. The van der Waals surface area contributed by atoms with E-state index in [1.54, 1.807) is 41.0 Å². The van der Waals surface area contributed by atoms with Gasteiger partial charge in [-0.3, -0.25) is 9.36 Å². The number of aromatic nitrogens is 1. The minimum Gasteiger partial charge on any atom is -0.504 e. The molecule has 0 saturated carbocycles. The van der Waals surface area contributed by atoms with E-state index in [1.807, 2.05) is 12.1 Å².